The summed E-state index contributed by atoms with van der Waals surface area (Å²) in [5, 5.41) is 3.55. The average molecular weight is 652 g/mol. The van der Waals surface area contributed by atoms with Crippen LogP contribution in [0.4, 0.5) is 38.5 Å². The smallest absolute Gasteiger partial charge is 0.252 e. The van der Waals surface area contributed by atoms with Gasteiger partial charge in [0.1, 0.15) is 5.82 Å². The fourth-order valence-electron chi connectivity index (χ4n) is 8.43. The molecule has 0 spiro atoms. The summed E-state index contributed by atoms with van der Waals surface area (Å²) in [7, 11) is 2.18. The molecule has 0 N–H and O–H groups in total. The minimum Gasteiger partial charge on any atom is -0.462 e. The van der Waals surface area contributed by atoms with Gasteiger partial charge in [-0.1, -0.05) is 68.8 Å². The van der Waals surface area contributed by atoms with Crippen molar-refractivity contribution in [2.45, 2.75) is 33.1 Å². The van der Waals surface area contributed by atoms with Gasteiger partial charge in [-0.3, -0.25) is 0 Å². The maximum absolute atomic E-state index is 14.4. The number of furan rings is 1. The fraction of sp³-hybridized carbons (Fsp3) is 0.136. The highest BCUT2D eigenvalue weighted by molar-refractivity contribution is 7.00. The Kier molecular flexibility index (Phi) is 5.92. The van der Waals surface area contributed by atoms with Crippen LogP contribution in [0.2, 0.25) is 0 Å². The number of fused-ring (bicyclic) bond motifs is 9. The van der Waals surface area contributed by atoms with Gasteiger partial charge in [0.05, 0.1) is 17.5 Å². The predicted molar refractivity (Wildman–Crippen MR) is 208 cm³/mol. The van der Waals surface area contributed by atoms with Gasteiger partial charge in [0.25, 0.3) is 6.71 Å². The van der Waals surface area contributed by atoms with Crippen LogP contribution in [0.25, 0.3) is 32.8 Å². The maximum atomic E-state index is 14.4. The second-order valence-electron chi connectivity index (χ2n) is 14.9. The summed E-state index contributed by atoms with van der Waals surface area (Å²) in [6, 6.07) is 40.5. The maximum Gasteiger partial charge on any atom is 0.252 e. The molecular weight excluding hydrogens is 616 g/mol. The molecule has 0 fully saturated rings. The highest BCUT2D eigenvalue weighted by Crippen LogP contribution is 2.47. The topological polar surface area (TPSA) is 24.6 Å². The molecule has 2 aromatic heterocycles. The van der Waals surface area contributed by atoms with Gasteiger partial charge in [-0.05, 0) is 107 Å². The Morgan fingerprint density at radius 2 is 1.36 bits per heavy atom. The molecule has 0 saturated carbocycles. The first kappa shape index (κ1) is 29.2. The van der Waals surface area contributed by atoms with Crippen molar-refractivity contribution in [1.29, 1.82) is 0 Å². The number of aromatic nitrogens is 1. The monoisotopic (exact) mass is 651 g/mol. The van der Waals surface area contributed by atoms with Crippen molar-refractivity contribution in [3.63, 3.8) is 0 Å². The molecule has 8 aromatic rings. The number of anilines is 6. The van der Waals surface area contributed by atoms with Crippen molar-refractivity contribution in [2.75, 3.05) is 9.80 Å². The lowest BCUT2D eigenvalue weighted by atomic mass is 9.33. The molecule has 0 bridgehead atoms. The van der Waals surface area contributed by atoms with Gasteiger partial charge < -0.3 is 18.8 Å². The number of hydrogen-bond acceptors (Lipinski definition) is 3. The average Bonchev–Trinajstić information content (AvgIpc) is 3.70. The lowest BCUT2D eigenvalue weighted by Gasteiger charge is -2.44. The van der Waals surface area contributed by atoms with Crippen molar-refractivity contribution in [3.8, 4) is 0 Å². The molecule has 6 aromatic carbocycles. The Hall–Kier alpha value is -5.75. The van der Waals surface area contributed by atoms with E-state index in [-0.39, 0.29) is 17.9 Å². The molecule has 0 amide bonds. The SMILES string of the molecule is Cc1ccc(N2c3cc4c(cc3B3c5ccc6ccoc6c5N(c5ccc(F)cc5)c5cccc2c53)c2cc(C(C)(C)C)ccc2n4C)cc1. The number of benzene rings is 6. The van der Waals surface area contributed by atoms with E-state index in [0.717, 1.165) is 44.9 Å². The van der Waals surface area contributed by atoms with Crippen LogP contribution < -0.4 is 26.2 Å². The molecule has 0 unspecified atom stereocenters. The van der Waals surface area contributed by atoms with Crippen LogP contribution in [0, 0.1) is 12.7 Å². The molecule has 50 heavy (non-hydrogen) atoms. The van der Waals surface area contributed by atoms with E-state index in [1.165, 1.54) is 61.7 Å². The molecule has 0 aliphatic carbocycles. The Bertz CT molecular complexity index is 2680. The molecule has 0 radical (unpaired) electrons. The van der Waals surface area contributed by atoms with Crippen molar-refractivity contribution in [3.05, 3.63) is 138 Å². The molecule has 10 rings (SSSR count). The van der Waals surface area contributed by atoms with Gasteiger partial charge in [0.15, 0.2) is 5.58 Å². The number of hydrogen-bond donors (Lipinski definition) is 0. The first-order chi connectivity index (χ1) is 24.2. The van der Waals surface area contributed by atoms with E-state index in [1.807, 2.05) is 18.2 Å². The lowest BCUT2D eigenvalue weighted by Crippen LogP contribution is -2.61. The molecule has 2 aliphatic rings. The van der Waals surface area contributed by atoms with Crippen molar-refractivity contribution >= 4 is 90.0 Å². The quantitative estimate of drug-likeness (QED) is 0.174. The fourth-order valence-corrected chi connectivity index (χ4v) is 8.43. The van der Waals surface area contributed by atoms with Crippen LogP contribution >= 0.6 is 0 Å². The van der Waals surface area contributed by atoms with Crippen LogP contribution in [-0.4, -0.2) is 11.3 Å². The molecule has 4 nitrogen and oxygen atoms in total. The normalized spacial score (nSPS) is 13.7. The minimum absolute atomic E-state index is 0.0289. The van der Waals surface area contributed by atoms with Crippen LogP contribution in [-0.2, 0) is 12.5 Å². The van der Waals surface area contributed by atoms with Crippen LogP contribution in [0.15, 0.2) is 126 Å². The lowest BCUT2D eigenvalue weighted by molar-refractivity contribution is 0.591. The van der Waals surface area contributed by atoms with Gasteiger partial charge in [0, 0.05) is 57.2 Å². The predicted octanol–water partition coefficient (Wildman–Crippen LogP) is 9.91. The van der Waals surface area contributed by atoms with E-state index < -0.39 is 0 Å². The van der Waals surface area contributed by atoms with Gasteiger partial charge in [-0.15, -0.1) is 0 Å². The van der Waals surface area contributed by atoms with Gasteiger partial charge >= 0.3 is 0 Å². The number of nitrogens with zero attached hydrogens (tertiary/aromatic N) is 3. The third-order valence-corrected chi connectivity index (χ3v) is 10.9. The number of aryl methyl sites for hydroxylation is 2. The number of rotatable bonds is 2. The first-order valence-electron chi connectivity index (χ1n) is 17.3. The van der Waals surface area contributed by atoms with E-state index in [4.69, 9.17) is 4.42 Å². The van der Waals surface area contributed by atoms with Gasteiger partial charge in [-0.25, -0.2) is 4.39 Å². The summed E-state index contributed by atoms with van der Waals surface area (Å²) < 4.78 is 23.0. The Morgan fingerprint density at radius 3 is 2.12 bits per heavy atom. The standard InChI is InChI=1S/C44H35BFN3O/c1-26-9-15-30(16-10-26)48-37-7-6-8-38-41(37)45(34-19-11-27-21-22-50-43(27)42(34)49(38)31-17-13-29(46)14-18-31)35-24-33-32-23-28(44(2,3)4)12-20-36(32)47(5)39(33)25-40(35)48/h6-25H,1-5H3. The zero-order valence-corrected chi connectivity index (χ0v) is 28.8. The molecule has 6 heteroatoms. The number of halogens is 1. The zero-order chi connectivity index (χ0) is 34.1. The molecule has 2 aliphatic heterocycles. The molecule has 4 heterocycles. The molecule has 0 atom stereocenters. The largest absolute Gasteiger partial charge is 0.462 e. The second kappa shape index (κ2) is 10.1. The Labute approximate surface area is 291 Å². The summed E-state index contributed by atoms with van der Waals surface area (Å²) >= 11 is 0. The Morgan fingerprint density at radius 1 is 0.660 bits per heavy atom. The van der Waals surface area contributed by atoms with Crippen molar-refractivity contribution in [2.24, 2.45) is 7.05 Å². The van der Waals surface area contributed by atoms with Crippen LogP contribution in [0.5, 0.6) is 0 Å². The summed E-state index contributed by atoms with van der Waals surface area (Å²) in [5.41, 5.74) is 15.8. The van der Waals surface area contributed by atoms with E-state index in [1.54, 1.807) is 6.26 Å². The van der Waals surface area contributed by atoms with Crippen LogP contribution in [0.3, 0.4) is 0 Å². The second-order valence-corrected chi connectivity index (χ2v) is 14.9. The van der Waals surface area contributed by atoms with E-state index in [9.17, 15) is 4.39 Å². The van der Waals surface area contributed by atoms with E-state index in [2.05, 4.69) is 134 Å². The highest BCUT2D eigenvalue weighted by atomic mass is 19.1. The molecular formula is C44H35BFN3O. The summed E-state index contributed by atoms with van der Waals surface area (Å²) in [5.74, 6) is -0.261. The van der Waals surface area contributed by atoms with Gasteiger partial charge in [-0.2, -0.15) is 0 Å². The van der Waals surface area contributed by atoms with Crippen molar-refractivity contribution < 1.29 is 8.81 Å². The minimum atomic E-state index is -0.261. The third kappa shape index (κ3) is 3.99. The molecule has 0 saturated heterocycles. The third-order valence-electron chi connectivity index (χ3n) is 10.9. The van der Waals surface area contributed by atoms with Crippen LogP contribution in [0.1, 0.15) is 31.9 Å². The van der Waals surface area contributed by atoms with E-state index in [0.29, 0.717) is 0 Å². The Balaban J connectivity index is 1.34. The first-order valence-corrected chi connectivity index (χ1v) is 17.3. The highest BCUT2D eigenvalue weighted by Gasteiger charge is 2.44. The van der Waals surface area contributed by atoms with E-state index >= 15 is 0 Å². The van der Waals surface area contributed by atoms with Crippen molar-refractivity contribution in [1.82, 2.24) is 4.57 Å². The zero-order valence-electron chi connectivity index (χ0n) is 28.8. The molecule has 242 valence electrons. The summed E-state index contributed by atoms with van der Waals surface area (Å²) in [4.78, 5) is 4.70. The summed E-state index contributed by atoms with van der Waals surface area (Å²) in [6.45, 7) is 8.90. The summed E-state index contributed by atoms with van der Waals surface area (Å²) in [6.07, 6.45) is 1.76. The van der Waals surface area contributed by atoms with Gasteiger partial charge in [0.2, 0.25) is 0 Å².